The predicted octanol–water partition coefficient (Wildman–Crippen LogP) is 0.279. The maximum Gasteiger partial charge on any atom is 0.249 e. The lowest BCUT2D eigenvalue weighted by molar-refractivity contribution is -0.133. The summed E-state index contributed by atoms with van der Waals surface area (Å²) < 4.78 is 14.8. The summed E-state index contributed by atoms with van der Waals surface area (Å²) in [5.74, 6) is -0.981. The van der Waals surface area contributed by atoms with E-state index in [1.165, 1.54) is 6.07 Å². The van der Waals surface area contributed by atoms with Crippen LogP contribution < -0.4 is 20.9 Å². The van der Waals surface area contributed by atoms with Gasteiger partial charge in [-0.2, -0.15) is 0 Å². The number of benzene rings is 1. The highest BCUT2D eigenvalue weighted by molar-refractivity contribution is 6.01. The van der Waals surface area contributed by atoms with E-state index in [1.54, 1.807) is 12.1 Å². The van der Waals surface area contributed by atoms with Gasteiger partial charge < -0.3 is 20.6 Å². The van der Waals surface area contributed by atoms with Crippen molar-refractivity contribution < 1.29 is 19.1 Å². The van der Waals surface area contributed by atoms with Crippen LogP contribution in [-0.2, 0) is 9.59 Å². The van der Waals surface area contributed by atoms with Crippen molar-refractivity contribution in [2.75, 3.05) is 56.0 Å². The minimum absolute atomic E-state index is 0.272. The second kappa shape index (κ2) is 8.87. The highest BCUT2D eigenvalue weighted by Crippen LogP contribution is 2.26. The number of piperidine rings is 2. The fourth-order valence-electron chi connectivity index (χ4n) is 4.50. The van der Waals surface area contributed by atoms with Gasteiger partial charge in [0.15, 0.2) is 0 Å². The maximum absolute atomic E-state index is 14.8. The number of halogens is 1. The topological polar surface area (TPSA) is 96.9 Å². The number of rotatable bonds is 5. The van der Waals surface area contributed by atoms with Gasteiger partial charge in [0, 0.05) is 44.8 Å². The smallest absolute Gasteiger partial charge is 0.249 e. The predicted molar refractivity (Wildman–Crippen MR) is 112 cm³/mol. The zero-order valence-electron chi connectivity index (χ0n) is 17.1. The van der Waals surface area contributed by atoms with E-state index in [4.69, 9.17) is 0 Å². The van der Waals surface area contributed by atoms with Crippen molar-refractivity contribution in [3.63, 3.8) is 0 Å². The Labute approximate surface area is 175 Å². The molecule has 0 spiro atoms. The molecule has 3 fully saturated rings. The number of β-amino-alcohol motifs (C(OH)–C–C–N with tert-alkyl or cyclic N) is 1. The van der Waals surface area contributed by atoms with Crippen LogP contribution in [0.4, 0.5) is 15.8 Å². The van der Waals surface area contributed by atoms with E-state index in [-0.39, 0.29) is 24.1 Å². The summed E-state index contributed by atoms with van der Waals surface area (Å²) in [6.45, 7) is 5.33. The number of amides is 2. The highest BCUT2D eigenvalue weighted by Gasteiger charge is 2.33. The number of carbonyl (C=O) groups excluding carboxylic acids is 2. The molecule has 1 aromatic rings. The van der Waals surface area contributed by atoms with E-state index in [1.807, 2.05) is 4.90 Å². The molecule has 30 heavy (non-hydrogen) atoms. The van der Waals surface area contributed by atoms with Crippen molar-refractivity contribution in [2.24, 2.45) is 0 Å². The number of imide groups is 1. The molecule has 4 rings (SSSR count). The summed E-state index contributed by atoms with van der Waals surface area (Å²) in [6, 6.07) is 4.38. The minimum Gasteiger partial charge on any atom is -0.388 e. The van der Waals surface area contributed by atoms with Gasteiger partial charge in [0.1, 0.15) is 11.9 Å². The molecule has 164 valence electrons. The van der Waals surface area contributed by atoms with Gasteiger partial charge in [-0.25, -0.2) is 4.39 Å². The van der Waals surface area contributed by atoms with Crippen LogP contribution in [0, 0.1) is 5.82 Å². The summed E-state index contributed by atoms with van der Waals surface area (Å²) in [5, 5.41) is 19.3. The van der Waals surface area contributed by atoms with E-state index < -0.39 is 11.6 Å². The molecule has 3 aliphatic heterocycles. The van der Waals surface area contributed by atoms with Crippen LogP contribution in [0.5, 0.6) is 0 Å². The van der Waals surface area contributed by atoms with E-state index in [9.17, 15) is 19.1 Å². The fraction of sp³-hybridized carbons (Fsp3) is 0.619. The molecule has 4 N–H and O–H groups in total. The first-order valence-corrected chi connectivity index (χ1v) is 10.7. The average molecular weight is 420 g/mol. The summed E-state index contributed by atoms with van der Waals surface area (Å²) in [4.78, 5) is 27.4. The third-order valence-corrected chi connectivity index (χ3v) is 6.29. The van der Waals surface area contributed by atoms with Crippen LogP contribution in [0.2, 0.25) is 0 Å². The van der Waals surface area contributed by atoms with Crippen LogP contribution in [0.3, 0.4) is 0 Å². The summed E-state index contributed by atoms with van der Waals surface area (Å²) in [5.41, 5.74) is 0.448. The molecule has 3 heterocycles. The number of anilines is 2. The molecule has 3 saturated heterocycles. The number of hydrogen-bond acceptors (Lipinski definition) is 7. The van der Waals surface area contributed by atoms with Gasteiger partial charge in [-0.05, 0) is 50.6 Å². The van der Waals surface area contributed by atoms with Gasteiger partial charge in [0.2, 0.25) is 11.8 Å². The van der Waals surface area contributed by atoms with Crippen molar-refractivity contribution >= 4 is 23.2 Å². The molecule has 0 aromatic heterocycles. The molecule has 3 aliphatic rings. The summed E-state index contributed by atoms with van der Waals surface area (Å²) in [7, 11) is 0. The Morgan fingerprint density at radius 1 is 1.17 bits per heavy atom. The van der Waals surface area contributed by atoms with E-state index >= 15 is 0 Å². The van der Waals surface area contributed by atoms with Gasteiger partial charge in [-0.1, -0.05) is 0 Å². The maximum atomic E-state index is 14.8. The van der Waals surface area contributed by atoms with Gasteiger partial charge in [-0.3, -0.25) is 19.8 Å². The number of carbonyl (C=O) groups is 2. The van der Waals surface area contributed by atoms with Crippen LogP contribution in [0.15, 0.2) is 18.2 Å². The Kier molecular flexibility index (Phi) is 6.21. The third kappa shape index (κ3) is 4.91. The molecule has 0 aliphatic carbocycles. The Morgan fingerprint density at radius 3 is 2.57 bits per heavy atom. The van der Waals surface area contributed by atoms with Crippen LogP contribution in [0.1, 0.15) is 25.7 Å². The van der Waals surface area contributed by atoms with Gasteiger partial charge in [0.25, 0.3) is 0 Å². The quantitative estimate of drug-likeness (QED) is 0.509. The van der Waals surface area contributed by atoms with Gasteiger partial charge in [-0.15, -0.1) is 0 Å². The van der Waals surface area contributed by atoms with Gasteiger partial charge >= 0.3 is 0 Å². The number of nitrogens with one attached hydrogen (secondary N) is 3. The molecule has 8 nitrogen and oxygen atoms in total. The van der Waals surface area contributed by atoms with Crippen molar-refractivity contribution in [3.8, 4) is 0 Å². The van der Waals surface area contributed by atoms with Crippen LogP contribution in [0.25, 0.3) is 0 Å². The number of aliphatic hydroxyl groups is 1. The number of piperazine rings is 1. The molecule has 1 atom stereocenters. The average Bonchev–Trinajstić information content (AvgIpc) is 2.71. The van der Waals surface area contributed by atoms with Gasteiger partial charge in [0.05, 0.1) is 11.3 Å². The molecule has 0 radical (unpaired) electrons. The van der Waals surface area contributed by atoms with Crippen molar-refractivity contribution in [1.82, 2.24) is 15.5 Å². The molecule has 0 saturated carbocycles. The molecule has 9 heteroatoms. The Morgan fingerprint density at radius 2 is 1.90 bits per heavy atom. The lowest BCUT2D eigenvalue weighted by atomic mass is 9.91. The first-order valence-electron chi connectivity index (χ1n) is 10.7. The second-order valence-corrected chi connectivity index (χ2v) is 8.55. The van der Waals surface area contributed by atoms with Crippen molar-refractivity contribution in [1.29, 1.82) is 0 Å². The lowest BCUT2D eigenvalue weighted by Gasteiger charge is -2.41. The first-order chi connectivity index (χ1) is 14.4. The monoisotopic (exact) mass is 419 g/mol. The normalized spacial score (nSPS) is 25.1. The SMILES string of the molecule is O=C1CCC(Nc2ccc(N3CCN(CC4(O)CCNCC4)CC3)c(F)c2)C(=O)N1. The Bertz CT molecular complexity index is 791. The molecule has 2 amide bonds. The van der Waals surface area contributed by atoms with Crippen molar-refractivity contribution in [2.45, 2.75) is 37.3 Å². The Hall–Kier alpha value is -2.23. The zero-order valence-corrected chi connectivity index (χ0v) is 17.1. The molecule has 1 unspecified atom stereocenters. The second-order valence-electron chi connectivity index (χ2n) is 8.55. The minimum atomic E-state index is -0.623. The Balaban J connectivity index is 1.32. The lowest BCUT2D eigenvalue weighted by Crippen LogP contribution is -2.54. The van der Waals surface area contributed by atoms with E-state index in [0.29, 0.717) is 37.4 Å². The zero-order chi connectivity index (χ0) is 21.1. The van der Waals surface area contributed by atoms with E-state index in [0.717, 1.165) is 39.0 Å². The number of hydrogen-bond donors (Lipinski definition) is 4. The summed E-state index contributed by atoms with van der Waals surface area (Å²) in [6.07, 6.45) is 2.21. The third-order valence-electron chi connectivity index (χ3n) is 6.29. The molecular weight excluding hydrogens is 389 g/mol. The molecule has 1 aromatic carbocycles. The number of nitrogens with zero attached hydrogens (tertiary/aromatic N) is 2. The van der Waals surface area contributed by atoms with Crippen LogP contribution in [-0.4, -0.2) is 79.3 Å². The highest BCUT2D eigenvalue weighted by atomic mass is 19.1. The first kappa shape index (κ1) is 21.0. The largest absolute Gasteiger partial charge is 0.388 e. The standard InChI is InChI=1S/C21H30FN5O3/c22-16-13-15(24-17-2-4-19(28)25-20(17)29)1-3-18(16)27-11-9-26(10-12-27)14-21(30)5-7-23-8-6-21/h1,3,13,17,23-24,30H,2,4-12,14H2,(H,25,28,29). The van der Waals surface area contributed by atoms with E-state index in [2.05, 4.69) is 20.9 Å². The van der Waals surface area contributed by atoms with Crippen molar-refractivity contribution in [3.05, 3.63) is 24.0 Å². The van der Waals surface area contributed by atoms with Crippen LogP contribution >= 0.6 is 0 Å². The fourth-order valence-corrected chi connectivity index (χ4v) is 4.50. The molecule has 0 bridgehead atoms. The summed E-state index contributed by atoms with van der Waals surface area (Å²) >= 11 is 0. The molecular formula is C21H30FN5O3.